The molecule has 2 N–H and O–H groups in total. The first-order valence-corrected chi connectivity index (χ1v) is 14.5. The first-order valence-electron chi connectivity index (χ1n) is 14.5. The Bertz CT molecular complexity index is 1970. The molecule has 46 heavy (non-hydrogen) atoms. The number of pyridine rings is 1. The third kappa shape index (κ3) is 6.11. The van der Waals surface area contributed by atoms with Crippen LogP contribution in [-0.2, 0) is 7.05 Å². The Morgan fingerprint density at radius 1 is 1.17 bits per heavy atom. The summed E-state index contributed by atoms with van der Waals surface area (Å²) in [4.78, 5) is 22.6. The van der Waals surface area contributed by atoms with E-state index in [9.17, 15) is 13.6 Å². The molecule has 0 aliphatic heterocycles. The number of aliphatic imine (C=N–C) groups is 1. The first-order chi connectivity index (χ1) is 21.4. The van der Waals surface area contributed by atoms with Crippen molar-refractivity contribution in [2.45, 2.75) is 38.3 Å². The van der Waals surface area contributed by atoms with Crippen molar-refractivity contribution in [1.82, 2.24) is 29.4 Å². The van der Waals surface area contributed by atoms with Crippen LogP contribution in [-0.4, -0.2) is 68.1 Å². The molecule has 0 radical (unpaired) electrons. The van der Waals surface area contributed by atoms with Crippen LogP contribution in [0.4, 0.5) is 18.9 Å². The largest absolute Gasteiger partial charge is 0.398 e. The summed E-state index contributed by atoms with van der Waals surface area (Å²) in [6.07, 6.45) is 1.60. The average Bonchev–Trinajstić information content (AvgIpc) is 3.28. The van der Waals surface area contributed by atoms with E-state index < -0.39 is 18.0 Å². The van der Waals surface area contributed by atoms with Gasteiger partial charge in [-0.15, -0.1) is 24.0 Å². The van der Waals surface area contributed by atoms with Gasteiger partial charge in [0.25, 0.3) is 11.8 Å². The van der Waals surface area contributed by atoms with Crippen LogP contribution in [0.1, 0.15) is 56.9 Å². The van der Waals surface area contributed by atoms with Crippen molar-refractivity contribution in [1.29, 1.82) is 0 Å². The number of nitrogens with zero attached hydrogens (tertiary/aromatic N) is 7. The lowest BCUT2D eigenvalue weighted by molar-refractivity contribution is 0.0827. The number of aromatic nitrogens is 5. The van der Waals surface area contributed by atoms with Gasteiger partial charge >= 0.3 is 0 Å². The zero-order valence-corrected chi connectivity index (χ0v) is 28.3. The number of nitrogens with two attached hydrogens (primary N) is 1. The Hall–Kier alpha value is -4.27. The fraction of sp³-hybridized carbons (Fsp3) is 0.303. The molecule has 9 nitrogen and oxygen atoms in total. The Balaban J connectivity index is 0.00000417. The Morgan fingerprint density at radius 2 is 1.87 bits per heavy atom. The molecule has 2 aromatic carbocycles. The Morgan fingerprint density at radius 3 is 2.52 bits per heavy atom. The van der Waals surface area contributed by atoms with E-state index >= 15 is 4.39 Å². The van der Waals surface area contributed by atoms with Crippen LogP contribution >= 0.6 is 24.0 Å². The summed E-state index contributed by atoms with van der Waals surface area (Å²) in [6, 6.07) is 13.4. The highest BCUT2D eigenvalue weighted by molar-refractivity contribution is 14.0. The molecule has 3 aromatic heterocycles. The van der Waals surface area contributed by atoms with Crippen LogP contribution in [0, 0.1) is 13.8 Å². The fourth-order valence-corrected chi connectivity index (χ4v) is 5.63. The molecule has 1 fully saturated rings. The lowest BCUT2D eigenvalue weighted by Gasteiger charge is -2.12. The fourth-order valence-electron chi connectivity index (χ4n) is 5.63. The van der Waals surface area contributed by atoms with E-state index in [-0.39, 0.29) is 42.8 Å². The van der Waals surface area contributed by atoms with Gasteiger partial charge in [0.15, 0.2) is 5.65 Å². The van der Waals surface area contributed by atoms with Crippen LogP contribution in [0.5, 0.6) is 0 Å². The molecular weight excluding hydrogens is 708 g/mol. The highest BCUT2D eigenvalue weighted by Gasteiger charge is 2.59. The number of carbonyl (C=O) groups excluding carboxylic acids is 1. The number of hydrogen-bond donors (Lipinski definition) is 1. The first kappa shape index (κ1) is 33.1. The lowest BCUT2D eigenvalue weighted by atomic mass is 9.97. The minimum Gasteiger partial charge on any atom is -0.398 e. The summed E-state index contributed by atoms with van der Waals surface area (Å²) < 4.78 is 47.7. The third-order valence-corrected chi connectivity index (χ3v) is 8.14. The van der Waals surface area contributed by atoms with Crippen molar-refractivity contribution in [2.75, 3.05) is 26.4 Å². The van der Waals surface area contributed by atoms with Crippen LogP contribution in [0.15, 0.2) is 59.7 Å². The highest BCUT2D eigenvalue weighted by Crippen LogP contribution is 2.58. The van der Waals surface area contributed by atoms with E-state index in [0.717, 1.165) is 5.39 Å². The molecule has 0 saturated heterocycles. The molecule has 3 heterocycles. The normalized spacial score (nSPS) is 16.0. The number of amides is 1. The van der Waals surface area contributed by atoms with Gasteiger partial charge in [0, 0.05) is 79.0 Å². The van der Waals surface area contributed by atoms with Crippen LogP contribution < -0.4 is 5.73 Å². The van der Waals surface area contributed by atoms with Gasteiger partial charge in [-0.2, -0.15) is 10.2 Å². The molecule has 2 unspecified atom stereocenters. The number of rotatable bonds is 8. The van der Waals surface area contributed by atoms with Gasteiger partial charge in [0.1, 0.15) is 6.17 Å². The van der Waals surface area contributed by atoms with Gasteiger partial charge in [0.05, 0.1) is 29.5 Å². The number of halogens is 4. The molecule has 2 atom stereocenters. The van der Waals surface area contributed by atoms with Gasteiger partial charge in [-0.25, -0.2) is 22.8 Å². The van der Waals surface area contributed by atoms with E-state index in [1.54, 1.807) is 79.9 Å². The Kier molecular flexibility index (Phi) is 8.99. The quantitative estimate of drug-likeness (QED) is 0.110. The van der Waals surface area contributed by atoms with Crippen molar-refractivity contribution in [3.05, 3.63) is 88.4 Å². The topological polar surface area (TPSA) is 107 Å². The minimum atomic E-state index is -2.85. The predicted molar refractivity (Wildman–Crippen MR) is 183 cm³/mol. The molecule has 1 amide bonds. The second-order valence-corrected chi connectivity index (χ2v) is 11.7. The zero-order chi connectivity index (χ0) is 32.2. The molecule has 0 spiro atoms. The predicted octanol–water partition coefficient (Wildman–Crippen LogP) is 6.59. The molecule has 1 aliphatic rings. The molecule has 13 heteroatoms. The monoisotopic (exact) mass is 742 g/mol. The molecule has 240 valence electrons. The number of carbonyl (C=O) groups is 1. The second-order valence-electron chi connectivity index (χ2n) is 11.7. The van der Waals surface area contributed by atoms with Gasteiger partial charge in [-0.05, 0) is 43.7 Å². The molecular formula is C33H34F3IN8O. The van der Waals surface area contributed by atoms with Crippen molar-refractivity contribution in [3.63, 3.8) is 0 Å². The highest BCUT2D eigenvalue weighted by atomic mass is 127. The number of benzene rings is 2. The van der Waals surface area contributed by atoms with E-state index in [4.69, 9.17) is 10.8 Å². The van der Waals surface area contributed by atoms with E-state index in [1.165, 1.54) is 11.1 Å². The van der Waals surface area contributed by atoms with Gasteiger partial charge in [-0.3, -0.25) is 14.5 Å². The number of aryl methyl sites for hydroxylation is 2. The number of alkyl halides is 3. The van der Waals surface area contributed by atoms with E-state index in [1.807, 2.05) is 19.2 Å². The number of fused-ring (bicyclic) bond motifs is 1. The van der Waals surface area contributed by atoms with Crippen LogP contribution in [0.3, 0.4) is 0 Å². The third-order valence-electron chi connectivity index (χ3n) is 8.14. The molecule has 0 bridgehead atoms. The van der Waals surface area contributed by atoms with Crippen molar-refractivity contribution in [3.8, 4) is 16.9 Å². The van der Waals surface area contributed by atoms with Crippen molar-refractivity contribution in [2.24, 2.45) is 12.0 Å². The molecule has 5 aromatic rings. The molecule has 1 saturated carbocycles. The smallest absolute Gasteiger partial charge is 0.256 e. The minimum absolute atomic E-state index is 0. The summed E-state index contributed by atoms with van der Waals surface area (Å²) in [6.45, 7) is 3.40. The Labute approximate surface area is 281 Å². The molecule has 6 rings (SSSR count). The second kappa shape index (κ2) is 12.5. The summed E-state index contributed by atoms with van der Waals surface area (Å²) in [7, 11) is 5.10. The van der Waals surface area contributed by atoms with E-state index in [2.05, 4.69) is 15.1 Å². The summed E-state index contributed by atoms with van der Waals surface area (Å²) >= 11 is 0. The number of nitrogen functional groups attached to an aromatic ring is 1. The summed E-state index contributed by atoms with van der Waals surface area (Å²) in [5, 5.41) is 10.0. The maximum Gasteiger partial charge on any atom is 0.256 e. The molecule has 1 aliphatic carbocycles. The van der Waals surface area contributed by atoms with Gasteiger partial charge < -0.3 is 10.6 Å². The van der Waals surface area contributed by atoms with Gasteiger partial charge in [-0.1, -0.05) is 24.3 Å². The van der Waals surface area contributed by atoms with Crippen LogP contribution in [0.2, 0.25) is 0 Å². The number of anilines is 1. The summed E-state index contributed by atoms with van der Waals surface area (Å²) in [5.74, 6) is -4.02. The van der Waals surface area contributed by atoms with Gasteiger partial charge in [0.2, 0.25) is 0 Å². The SMILES string of the molecule is Cc1nc2nn(C)cc2cc1-n1nc(-c2cccc(N)c2C=NCC(F)c2ccc(C(=O)N(C)C)cc2)c(C2CC2(F)F)c1C.I. The maximum absolute atomic E-state index is 15.2. The van der Waals surface area contributed by atoms with Crippen molar-refractivity contribution < 1.29 is 18.0 Å². The average molecular weight is 743 g/mol. The maximum atomic E-state index is 15.2. The lowest BCUT2D eigenvalue weighted by Crippen LogP contribution is -2.21. The van der Waals surface area contributed by atoms with Crippen molar-refractivity contribution >= 4 is 52.8 Å². The summed E-state index contributed by atoms with van der Waals surface area (Å²) in [5.41, 5.74) is 11.8. The standard InChI is InChI=1S/C33H33F3N8O.HI/c1-18-28(13-22-17-43(5)41-31(22)39-18)44-19(2)29(25-14-33(25,35)36)30(40-44)23-7-6-8-27(37)24(23)15-38-16-26(34)20-9-11-21(12-10-20)32(45)42(3)4;/h6-13,15,17,25-26H,14,16,37H2,1-5H3;1H. The van der Waals surface area contributed by atoms with E-state index in [0.29, 0.717) is 61.9 Å². The zero-order valence-electron chi connectivity index (χ0n) is 26.0. The van der Waals surface area contributed by atoms with Crippen LogP contribution in [0.25, 0.3) is 28.0 Å². The number of hydrogen-bond acceptors (Lipinski definition) is 6.